The molecule has 0 atom stereocenters. The summed E-state index contributed by atoms with van der Waals surface area (Å²) in [7, 11) is 1.58. The molecule has 0 N–H and O–H groups in total. The molecule has 0 heterocycles. The number of ether oxygens (including phenoxy) is 6. The molecule has 0 spiro atoms. The van der Waals surface area contributed by atoms with E-state index in [4.69, 9.17) is 28.4 Å². The largest absolute Gasteiger partial charge is 0.493 e. The van der Waals surface area contributed by atoms with Crippen molar-refractivity contribution >= 4 is 11.9 Å². The van der Waals surface area contributed by atoms with Gasteiger partial charge < -0.3 is 28.4 Å². The zero-order valence-corrected chi connectivity index (χ0v) is 24.7. The first-order valence-corrected chi connectivity index (χ1v) is 13.3. The molecule has 0 aromatic heterocycles. The molecule has 210 valence electrons. The third kappa shape index (κ3) is 9.19. The van der Waals surface area contributed by atoms with Crippen molar-refractivity contribution in [3.8, 4) is 34.5 Å². The fraction of sp³-hybridized carbons (Fsp3) is 0.516. The van der Waals surface area contributed by atoms with E-state index in [1.54, 1.807) is 31.4 Å². The van der Waals surface area contributed by atoms with Crippen molar-refractivity contribution in [3.05, 3.63) is 41.5 Å². The highest BCUT2D eigenvalue weighted by molar-refractivity contribution is 6.09. The average Bonchev–Trinajstić information content (AvgIpc) is 2.78. The molecule has 38 heavy (non-hydrogen) atoms. The minimum Gasteiger partial charge on any atom is -0.493 e. The first-order chi connectivity index (χ1) is 17.8. The zero-order valence-electron chi connectivity index (χ0n) is 24.7. The number of benzene rings is 2. The molecule has 2 aromatic rings. The van der Waals surface area contributed by atoms with E-state index in [1.807, 2.05) is 75.3 Å². The molecule has 0 amide bonds. The van der Waals surface area contributed by atoms with Crippen LogP contribution >= 0.6 is 0 Å². The van der Waals surface area contributed by atoms with E-state index in [1.165, 1.54) is 6.08 Å². The third-order valence-electron chi connectivity index (χ3n) is 4.80. The number of hydrogen-bond acceptors (Lipinski definition) is 7. The van der Waals surface area contributed by atoms with Gasteiger partial charge in [-0.25, -0.2) is 0 Å². The van der Waals surface area contributed by atoms with Crippen molar-refractivity contribution in [1.29, 1.82) is 0 Å². The lowest BCUT2D eigenvalue weighted by Gasteiger charge is -2.21. The van der Waals surface area contributed by atoms with Gasteiger partial charge in [0, 0.05) is 17.7 Å². The Morgan fingerprint density at radius 1 is 0.605 bits per heavy atom. The first kappa shape index (κ1) is 30.9. The van der Waals surface area contributed by atoms with E-state index in [0.29, 0.717) is 45.6 Å². The number of rotatable bonds is 14. The molecular weight excluding hydrogens is 484 g/mol. The summed E-state index contributed by atoms with van der Waals surface area (Å²) in [6.45, 7) is 19.3. The van der Waals surface area contributed by atoms with Crippen LogP contribution in [-0.2, 0) is 0 Å². The van der Waals surface area contributed by atoms with Gasteiger partial charge in [0.1, 0.15) is 11.5 Å². The van der Waals surface area contributed by atoms with Crippen LogP contribution in [0.5, 0.6) is 34.5 Å². The molecule has 0 saturated carbocycles. The molecule has 0 unspecified atom stereocenters. The fourth-order valence-electron chi connectivity index (χ4n) is 3.63. The SMILES string of the molecule is COc1cc(OC(C)C)cc(/C=C/C(=O)c2cc(OC(C)C)cc(OC(C)C)c2OC(C)C)c1OC(C)C. The van der Waals surface area contributed by atoms with Gasteiger partial charge in [0.05, 0.1) is 43.2 Å². The topological polar surface area (TPSA) is 72.5 Å². The van der Waals surface area contributed by atoms with Gasteiger partial charge in [-0.05, 0) is 93.5 Å². The summed E-state index contributed by atoms with van der Waals surface area (Å²) in [4.78, 5) is 13.7. The molecule has 0 saturated heterocycles. The zero-order chi connectivity index (χ0) is 28.6. The maximum Gasteiger partial charge on any atom is 0.189 e. The molecule has 7 nitrogen and oxygen atoms in total. The van der Waals surface area contributed by atoms with Gasteiger partial charge in [-0.3, -0.25) is 4.79 Å². The lowest BCUT2D eigenvalue weighted by molar-refractivity contribution is 0.103. The van der Waals surface area contributed by atoms with Crippen LogP contribution in [-0.4, -0.2) is 43.4 Å². The summed E-state index contributed by atoms with van der Waals surface area (Å²) in [5, 5.41) is 0. The molecule has 0 aliphatic heterocycles. The second-order valence-electron chi connectivity index (χ2n) is 10.4. The van der Waals surface area contributed by atoms with Gasteiger partial charge in [-0.2, -0.15) is 0 Å². The summed E-state index contributed by atoms with van der Waals surface area (Å²) < 4.78 is 35.6. The van der Waals surface area contributed by atoms with E-state index < -0.39 is 0 Å². The Morgan fingerprint density at radius 2 is 1.08 bits per heavy atom. The van der Waals surface area contributed by atoms with Crippen LogP contribution in [0.25, 0.3) is 6.08 Å². The first-order valence-electron chi connectivity index (χ1n) is 13.3. The van der Waals surface area contributed by atoms with Gasteiger partial charge in [-0.15, -0.1) is 0 Å². The minimum atomic E-state index is -0.270. The molecule has 2 aromatic carbocycles. The van der Waals surface area contributed by atoms with Crippen molar-refractivity contribution in [2.24, 2.45) is 0 Å². The Kier molecular flexibility index (Phi) is 11.4. The molecule has 7 heteroatoms. The quantitative estimate of drug-likeness (QED) is 0.185. The van der Waals surface area contributed by atoms with Crippen LogP contribution in [0.15, 0.2) is 30.3 Å². The Bertz CT molecular complexity index is 1100. The number of methoxy groups -OCH3 is 1. The van der Waals surface area contributed by atoms with Crippen LogP contribution in [0.4, 0.5) is 0 Å². The summed E-state index contributed by atoms with van der Waals surface area (Å²) in [6, 6.07) is 7.08. The molecule has 0 bridgehead atoms. The normalized spacial score (nSPS) is 11.7. The predicted octanol–water partition coefficient (Wildman–Crippen LogP) is 7.53. The summed E-state index contributed by atoms with van der Waals surface area (Å²) in [5.41, 5.74) is 0.998. The molecule has 0 fully saturated rings. The van der Waals surface area contributed by atoms with E-state index in [0.717, 1.165) is 0 Å². The van der Waals surface area contributed by atoms with E-state index in [-0.39, 0.29) is 36.3 Å². The average molecular weight is 529 g/mol. The van der Waals surface area contributed by atoms with E-state index >= 15 is 0 Å². The number of ketones is 1. The lowest BCUT2D eigenvalue weighted by Crippen LogP contribution is -2.15. The highest BCUT2D eigenvalue weighted by Crippen LogP contribution is 2.40. The Balaban J connectivity index is 2.65. The van der Waals surface area contributed by atoms with Crippen molar-refractivity contribution < 1.29 is 33.2 Å². The standard InChI is InChI=1S/C31H44O7/c1-18(2)34-24-14-23(30(37-21(7)8)28(16-24)33-11)12-13-27(32)26-15-25(35-19(3)4)17-29(36-20(5)6)31(26)38-22(9)10/h12-22H,1-11H3/b13-12+. The van der Waals surface area contributed by atoms with Crippen molar-refractivity contribution in [1.82, 2.24) is 0 Å². The Morgan fingerprint density at radius 3 is 1.58 bits per heavy atom. The molecule has 0 radical (unpaired) electrons. The van der Waals surface area contributed by atoms with Crippen LogP contribution in [0.2, 0.25) is 0 Å². The number of allylic oxidation sites excluding steroid dienone is 1. The number of carbonyl (C=O) groups is 1. The second-order valence-corrected chi connectivity index (χ2v) is 10.4. The van der Waals surface area contributed by atoms with Gasteiger partial charge in [0.15, 0.2) is 28.8 Å². The van der Waals surface area contributed by atoms with Crippen LogP contribution in [0.1, 0.15) is 85.2 Å². The fourth-order valence-corrected chi connectivity index (χ4v) is 3.63. The Labute approximate surface area is 228 Å². The molecular formula is C31H44O7. The van der Waals surface area contributed by atoms with Gasteiger partial charge in [-0.1, -0.05) is 0 Å². The highest BCUT2D eigenvalue weighted by atomic mass is 16.5. The molecule has 2 rings (SSSR count). The summed E-state index contributed by atoms with van der Waals surface area (Å²) in [5.74, 6) is 2.77. The van der Waals surface area contributed by atoms with Gasteiger partial charge in [0.25, 0.3) is 0 Å². The monoisotopic (exact) mass is 528 g/mol. The van der Waals surface area contributed by atoms with E-state index in [2.05, 4.69) is 0 Å². The number of hydrogen-bond donors (Lipinski definition) is 0. The predicted molar refractivity (Wildman–Crippen MR) is 152 cm³/mol. The number of carbonyl (C=O) groups excluding carboxylic acids is 1. The molecule has 0 aliphatic rings. The smallest absolute Gasteiger partial charge is 0.189 e. The van der Waals surface area contributed by atoms with Crippen molar-refractivity contribution in [2.45, 2.75) is 99.8 Å². The van der Waals surface area contributed by atoms with E-state index in [9.17, 15) is 4.79 Å². The third-order valence-corrected chi connectivity index (χ3v) is 4.80. The maximum absolute atomic E-state index is 13.7. The molecule has 0 aliphatic carbocycles. The summed E-state index contributed by atoms with van der Waals surface area (Å²) in [6.07, 6.45) is 2.69. The second kappa shape index (κ2) is 14.0. The minimum absolute atomic E-state index is 0.0335. The van der Waals surface area contributed by atoms with Crippen molar-refractivity contribution in [3.63, 3.8) is 0 Å². The van der Waals surface area contributed by atoms with Crippen LogP contribution in [0.3, 0.4) is 0 Å². The summed E-state index contributed by atoms with van der Waals surface area (Å²) >= 11 is 0. The van der Waals surface area contributed by atoms with Gasteiger partial charge in [0.2, 0.25) is 0 Å². The van der Waals surface area contributed by atoms with Crippen LogP contribution < -0.4 is 28.4 Å². The van der Waals surface area contributed by atoms with Crippen molar-refractivity contribution in [2.75, 3.05) is 7.11 Å². The van der Waals surface area contributed by atoms with Gasteiger partial charge >= 0.3 is 0 Å². The van der Waals surface area contributed by atoms with Crippen LogP contribution in [0, 0.1) is 0 Å². The highest BCUT2D eigenvalue weighted by Gasteiger charge is 2.22. The Hall–Kier alpha value is -3.35. The maximum atomic E-state index is 13.7. The lowest BCUT2D eigenvalue weighted by atomic mass is 10.1.